The molecule has 1 N–H and O–H groups in total. The summed E-state index contributed by atoms with van der Waals surface area (Å²) in [4.78, 5) is 11.1. The minimum absolute atomic E-state index is 0.0359. The molecule has 0 bridgehead atoms. The van der Waals surface area contributed by atoms with Gasteiger partial charge >= 0.3 is 0 Å². The molecule has 0 saturated carbocycles. The van der Waals surface area contributed by atoms with Gasteiger partial charge in [-0.25, -0.2) is 0 Å². The molecule has 2 nitrogen and oxygen atoms in total. The third-order valence-corrected chi connectivity index (χ3v) is 1.97. The summed E-state index contributed by atoms with van der Waals surface area (Å²) in [6.45, 7) is 1.89. The summed E-state index contributed by atoms with van der Waals surface area (Å²) in [7, 11) is 0. The predicted octanol–water partition coefficient (Wildman–Crippen LogP) is 1.54. The minimum Gasteiger partial charge on any atom is -0.325 e. The van der Waals surface area contributed by atoms with Crippen LogP contribution in [0.2, 0.25) is 0 Å². The SMILES string of the molecule is CC1C(=O)Nc2ccc[c]c21. The highest BCUT2D eigenvalue weighted by molar-refractivity contribution is 6.02. The van der Waals surface area contributed by atoms with E-state index in [9.17, 15) is 4.79 Å². The molecule has 0 spiro atoms. The van der Waals surface area contributed by atoms with Crippen LogP contribution in [0.15, 0.2) is 18.2 Å². The lowest BCUT2D eigenvalue weighted by molar-refractivity contribution is -0.116. The molecule has 0 aliphatic carbocycles. The maximum Gasteiger partial charge on any atom is 0.231 e. The lowest BCUT2D eigenvalue weighted by atomic mass is 10.0. The zero-order chi connectivity index (χ0) is 7.84. The zero-order valence-corrected chi connectivity index (χ0v) is 6.22. The van der Waals surface area contributed by atoms with Gasteiger partial charge in [0.25, 0.3) is 0 Å². The van der Waals surface area contributed by atoms with Gasteiger partial charge in [-0.15, -0.1) is 0 Å². The molecule has 11 heavy (non-hydrogen) atoms. The topological polar surface area (TPSA) is 29.1 Å². The number of fused-ring (bicyclic) bond motifs is 1. The van der Waals surface area contributed by atoms with Crippen molar-refractivity contribution in [1.82, 2.24) is 0 Å². The molecule has 0 saturated heterocycles. The standard InChI is InChI=1S/C9H8NO/c1-6-7-4-2-3-5-8(7)10-9(6)11/h2-3,5-6H,1H3,(H,10,11). The lowest BCUT2D eigenvalue weighted by Crippen LogP contribution is -2.08. The third-order valence-electron chi connectivity index (χ3n) is 1.97. The number of carbonyl (C=O) groups is 1. The fraction of sp³-hybridized carbons (Fsp3) is 0.222. The molecule has 1 aromatic carbocycles. The van der Waals surface area contributed by atoms with Crippen LogP contribution in [0.1, 0.15) is 18.4 Å². The molecule has 1 aliphatic heterocycles. The van der Waals surface area contributed by atoms with Crippen molar-refractivity contribution in [2.45, 2.75) is 12.8 Å². The Balaban J connectivity index is 2.55. The Hall–Kier alpha value is -1.31. The molecule has 1 radical (unpaired) electrons. The highest BCUT2D eigenvalue weighted by Gasteiger charge is 2.25. The number of hydrogen-bond acceptors (Lipinski definition) is 1. The molecule has 0 aromatic heterocycles. The van der Waals surface area contributed by atoms with Crippen molar-refractivity contribution in [2.24, 2.45) is 0 Å². The smallest absolute Gasteiger partial charge is 0.231 e. The van der Waals surface area contributed by atoms with Crippen LogP contribution in [-0.4, -0.2) is 5.91 Å². The molecule has 1 aliphatic rings. The van der Waals surface area contributed by atoms with Crippen LogP contribution in [0, 0.1) is 6.07 Å². The van der Waals surface area contributed by atoms with E-state index in [-0.39, 0.29) is 11.8 Å². The monoisotopic (exact) mass is 146 g/mol. The molecule has 1 unspecified atom stereocenters. The van der Waals surface area contributed by atoms with E-state index in [1.807, 2.05) is 25.1 Å². The van der Waals surface area contributed by atoms with E-state index in [0.717, 1.165) is 11.3 Å². The van der Waals surface area contributed by atoms with E-state index in [0.29, 0.717) is 0 Å². The number of nitrogens with one attached hydrogen (secondary N) is 1. The summed E-state index contributed by atoms with van der Waals surface area (Å²) in [5, 5.41) is 2.78. The van der Waals surface area contributed by atoms with Gasteiger partial charge in [-0.1, -0.05) is 12.1 Å². The molecule has 1 atom stereocenters. The van der Waals surface area contributed by atoms with Crippen LogP contribution in [0.4, 0.5) is 5.69 Å². The Morgan fingerprint density at radius 2 is 2.45 bits per heavy atom. The van der Waals surface area contributed by atoms with E-state index in [2.05, 4.69) is 11.4 Å². The average molecular weight is 146 g/mol. The van der Waals surface area contributed by atoms with E-state index >= 15 is 0 Å². The zero-order valence-electron chi connectivity index (χ0n) is 6.22. The number of benzene rings is 1. The second-order valence-corrected chi connectivity index (χ2v) is 2.71. The van der Waals surface area contributed by atoms with Gasteiger partial charge in [-0.3, -0.25) is 4.79 Å². The molecule has 0 fully saturated rings. The van der Waals surface area contributed by atoms with Crippen molar-refractivity contribution in [3.05, 3.63) is 29.8 Å². The van der Waals surface area contributed by atoms with Crippen LogP contribution in [0.25, 0.3) is 0 Å². The van der Waals surface area contributed by atoms with Crippen LogP contribution in [0.3, 0.4) is 0 Å². The van der Waals surface area contributed by atoms with E-state index in [1.54, 1.807) is 0 Å². The lowest BCUT2D eigenvalue weighted by Gasteiger charge is -1.96. The number of rotatable bonds is 0. The van der Waals surface area contributed by atoms with E-state index in [1.165, 1.54) is 0 Å². The van der Waals surface area contributed by atoms with E-state index < -0.39 is 0 Å². The highest BCUT2D eigenvalue weighted by atomic mass is 16.2. The molecular weight excluding hydrogens is 138 g/mol. The van der Waals surface area contributed by atoms with Crippen molar-refractivity contribution in [1.29, 1.82) is 0 Å². The normalized spacial score (nSPS) is 21.2. The summed E-state index contributed by atoms with van der Waals surface area (Å²) in [6.07, 6.45) is 0. The fourth-order valence-electron chi connectivity index (χ4n) is 1.29. The summed E-state index contributed by atoms with van der Waals surface area (Å²) in [6, 6.07) is 8.64. The van der Waals surface area contributed by atoms with Crippen molar-refractivity contribution in [2.75, 3.05) is 5.32 Å². The second-order valence-electron chi connectivity index (χ2n) is 2.71. The van der Waals surface area contributed by atoms with Crippen molar-refractivity contribution < 1.29 is 4.79 Å². The molecule has 2 heteroatoms. The molecule has 1 heterocycles. The Labute approximate surface area is 65.2 Å². The first kappa shape index (κ1) is 6.40. The van der Waals surface area contributed by atoms with Gasteiger partial charge in [0.05, 0.1) is 5.92 Å². The van der Waals surface area contributed by atoms with Gasteiger partial charge in [0.1, 0.15) is 0 Å². The number of hydrogen-bond donors (Lipinski definition) is 1. The molecule has 1 aromatic rings. The van der Waals surface area contributed by atoms with Crippen molar-refractivity contribution in [3.63, 3.8) is 0 Å². The van der Waals surface area contributed by atoms with Gasteiger partial charge in [-0.2, -0.15) is 0 Å². The van der Waals surface area contributed by atoms with Gasteiger partial charge < -0.3 is 5.32 Å². The molecule has 2 rings (SSSR count). The number of anilines is 1. The van der Waals surface area contributed by atoms with Gasteiger partial charge in [0, 0.05) is 5.69 Å². The predicted molar refractivity (Wildman–Crippen MR) is 42.3 cm³/mol. The Bertz CT molecular complexity index is 306. The van der Waals surface area contributed by atoms with Crippen molar-refractivity contribution >= 4 is 11.6 Å². The third kappa shape index (κ3) is 0.827. The van der Waals surface area contributed by atoms with Crippen LogP contribution >= 0.6 is 0 Å². The van der Waals surface area contributed by atoms with Crippen LogP contribution in [0.5, 0.6) is 0 Å². The highest BCUT2D eigenvalue weighted by Crippen LogP contribution is 2.30. The summed E-state index contributed by atoms with van der Waals surface area (Å²) >= 11 is 0. The fourth-order valence-corrected chi connectivity index (χ4v) is 1.29. The Kier molecular flexibility index (Phi) is 1.22. The summed E-state index contributed by atoms with van der Waals surface area (Å²) in [5.74, 6) is 0.0358. The Morgan fingerprint density at radius 1 is 1.64 bits per heavy atom. The quantitative estimate of drug-likeness (QED) is 0.591. The molecule has 1 amide bonds. The van der Waals surface area contributed by atoms with Gasteiger partial charge in [-0.05, 0) is 24.6 Å². The van der Waals surface area contributed by atoms with Crippen LogP contribution in [-0.2, 0) is 4.79 Å². The van der Waals surface area contributed by atoms with Crippen molar-refractivity contribution in [3.8, 4) is 0 Å². The first-order valence-electron chi connectivity index (χ1n) is 3.60. The first-order chi connectivity index (χ1) is 5.29. The molecular formula is C9H8NO. The maximum absolute atomic E-state index is 11.1. The first-order valence-corrected chi connectivity index (χ1v) is 3.60. The van der Waals surface area contributed by atoms with Gasteiger partial charge in [0.15, 0.2) is 0 Å². The summed E-state index contributed by atoms with van der Waals surface area (Å²) in [5.41, 5.74) is 1.89. The summed E-state index contributed by atoms with van der Waals surface area (Å²) < 4.78 is 0. The van der Waals surface area contributed by atoms with Gasteiger partial charge in [0.2, 0.25) is 5.91 Å². The van der Waals surface area contributed by atoms with E-state index in [4.69, 9.17) is 0 Å². The number of carbonyl (C=O) groups excluding carboxylic acids is 1. The Morgan fingerprint density at radius 3 is 3.18 bits per heavy atom. The average Bonchev–Trinajstić information content (AvgIpc) is 2.30. The minimum atomic E-state index is -0.0359. The second kappa shape index (κ2) is 2.09. The van der Waals surface area contributed by atoms with Crippen LogP contribution < -0.4 is 5.32 Å². The molecule has 55 valence electrons. The number of amides is 1. The maximum atomic E-state index is 11.1. The largest absolute Gasteiger partial charge is 0.325 e.